The van der Waals surface area contributed by atoms with Gasteiger partial charge in [-0.15, -0.1) is 11.3 Å². The molecule has 0 atom stereocenters. The lowest BCUT2D eigenvalue weighted by atomic mass is 10.0. The van der Waals surface area contributed by atoms with Crippen LogP contribution in [0.2, 0.25) is 0 Å². The van der Waals surface area contributed by atoms with Crippen molar-refractivity contribution in [3.05, 3.63) is 34.7 Å². The van der Waals surface area contributed by atoms with Crippen LogP contribution in [0.25, 0.3) is 11.1 Å². The third-order valence-electron chi connectivity index (χ3n) is 2.56. The number of alkyl halides is 3. The molecular weight excluding hydrogens is 263 g/mol. The first-order valence-corrected chi connectivity index (χ1v) is 5.88. The number of nitrogens with two attached hydrogens (primary N) is 1. The predicted molar refractivity (Wildman–Crippen MR) is 65.6 cm³/mol. The second-order valence-electron chi connectivity index (χ2n) is 3.82. The van der Waals surface area contributed by atoms with Crippen LogP contribution in [0.4, 0.5) is 18.2 Å². The molecule has 2 rings (SSSR count). The maximum Gasteiger partial charge on any atom is 0.416 e. The highest BCUT2D eigenvalue weighted by Crippen LogP contribution is 2.44. The van der Waals surface area contributed by atoms with Crippen molar-refractivity contribution in [3.63, 3.8) is 0 Å². The zero-order chi connectivity index (χ0) is 13.5. The highest BCUT2D eigenvalue weighted by atomic mass is 32.1. The van der Waals surface area contributed by atoms with E-state index in [9.17, 15) is 18.3 Å². The molecule has 0 spiro atoms. The van der Waals surface area contributed by atoms with Gasteiger partial charge < -0.3 is 10.8 Å². The molecule has 0 fully saturated rings. The summed E-state index contributed by atoms with van der Waals surface area (Å²) in [5.74, 6) is -0.0585. The summed E-state index contributed by atoms with van der Waals surface area (Å²) in [7, 11) is 0. The number of hydrogen-bond acceptors (Lipinski definition) is 3. The third kappa shape index (κ3) is 2.15. The summed E-state index contributed by atoms with van der Waals surface area (Å²) < 4.78 is 37.8. The Kier molecular flexibility index (Phi) is 2.98. The second-order valence-corrected chi connectivity index (χ2v) is 5.08. The van der Waals surface area contributed by atoms with E-state index in [1.807, 2.05) is 0 Å². The molecule has 18 heavy (non-hydrogen) atoms. The van der Waals surface area contributed by atoms with Gasteiger partial charge in [0.1, 0.15) is 5.75 Å². The minimum Gasteiger partial charge on any atom is -0.506 e. The molecule has 3 N–H and O–H groups in total. The van der Waals surface area contributed by atoms with E-state index >= 15 is 0 Å². The zero-order valence-electron chi connectivity index (χ0n) is 9.38. The lowest BCUT2D eigenvalue weighted by molar-refractivity contribution is -0.137. The molecular formula is C12H10F3NOS. The molecule has 1 aromatic carbocycles. The summed E-state index contributed by atoms with van der Waals surface area (Å²) in [6.45, 7) is 1.66. The van der Waals surface area contributed by atoms with Crippen molar-refractivity contribution < 1.29 is 18.3 Å². The normalized spacial score (nSPS) is 11.8. The van der Waals surface area contributed by atoms with Crippen LogP contribution in [0, 0.1) is 6.92 Å². The van der Waals surface area contributed by atoms with Crippen LogP contribution in [0.15, 0.2) is 24.3 Å². The Morgan fingerprint density at radius 3 is 2.44 bits per heavy atom. The number of thiophene rings is 1. The van der Waals surface area contributed by atoms with Crippen molar-refractivity contribution in [2.45, 2.75) is 13.1 Å². The third-order valence-corrected chi connectivity index (χ3v) is 3.48. The Bertz CT molecular complexity index is 589. The topological polar surface area (TPSA) is 46.2 Å². The number of aryl methyl sites for hydroxylation is 1. The van der Waals surface area contributed by atoms with E-state index in [1.54, 1.807) is 6.92 Å². The maximum atomic E-state index is 12.6. The monoisotopic (exact) mass is 273 g/mol. The number of anilines is 1. The summed E-state index contributed by atoms with van der Waals surface area (Å²) in [6.07, 6.45) is -4.41. The van der Waals surface area contributed by atoms with Crippen LogP contribution in [-0.4, -0.2) is 5.11 Å². The number of aromatic hydroxyl groups is 1. The van der Waals surface area contributed by atoms with Gasteiger partial charge in [0, 0.05) is 4.88 Å². The van der Waals surface area contributed by atoms with E-state index in [1.165, 1.54) is 12.1 Å². The van der Waals surface area contributed by atoms with Gasteiger partial charge in [0.15, 0.2) is 0 Å². The van der Waals surface area contributed by atoms with E-state index < -0.39 is 11.7 Å². The Labute approximate surface area is 105 Å². The number of nitrogen functional groups attached to an aromatic ring is 1. The number of hydrogen-bond donors (Lipinski definition) is 2. The molecule has 1 heterocycles. The molecule has 0 amide bonds. The summed E-state index contributed by atoms with van der Waals surface area (Å²) in [4.78, 5) is 0.583. The van der Waals surface area contributed by atoms with Crippen LogP contribution >= 0.6 is 11.3 Å². The fourth-order valence-corrected chi connectivity index (χ4v) is 2.53. The first-order chi connectivity index (χ1) is 8.30. The molecule has 0 unspecified atom stereocenters. The summed E-state index contributed by atoms with van der Waals surface area (Å²) in [5.41, 5.74) is 5.48. The van der Waals surface area contributed by atoms with Crippen LogP contribution in [0.1, 0.15) is 10.4 Å². The number of rotatable bonds is 1. The Balaban J connectivity index is 2.58. The average Bonchev–Trinajstić information content (AvgIpc) is 2.52. The lowest BCUT2D eigenvalue weighted by Gasteiger charge is -2.09. The van der Waals surface area contributed by atoms with Crippen LogP contribution in [0.3, 0.4) is 0 Å². The van der Waals surface area contributed by atoms with Crippen molar-refractivity contribution in [3.8, 4) is 16.9 Å². The van der Waals surface area contributed by atoms with Gasteiger partial charge in [-0.1, -0.05) is 12.1 Å². The quantitative estimate of drug-likeness (QED) is 0.824. The minimum atomic E-state index is -4.41. The molecule has 0 aliphatic carbocycles. The molecule has 2 nitrogen and oxygen atoms in total. The zero-order valence-corrected chi connectivity index (χ0v) is 10.2. The van der Waals surface area contributed by atoms with Gasteiger partial charge in [0.2, 0.25) is 0 Å². The standard InChI is InChI=1S/C12H10F3NOS/c1-6-10(17)9(11(16)18-6)7-3-2-4-8(5-7)12(13,14)15/h2-5,17H,16H2,1H3. The molecule has 1 aromatic heterocycles. The highest BCUT2D eigenvalue weighted by Gasteiger charge is 2.31. The van der Waals surface area contributed by atoms with Crippen LogP contribution in [0.5, 0.6) is 5.75 Å². The largest absolute Gasteiger partial charge is 0.506 e. The first kappa shape index (κ1) is 12.8. The van der Waals surface area contributed by atoms with Crippen LogP contribution < -0.4 is 5.73 Å². The van der Waals surface area contributed by atoms with Crippen molar-refractivity contribution >= 4 is 16.3 Å². The molecule has 0 aliphatic heterocycles. The summed E-state index contributed by atoms with van der Waals surface area (Å²) >= 11 is 1.15. The van der Waals surface area contributed by atoms with Crippen molar-refractivity contribution in [1.29, 1.82) is 0 Å². The maximum absolute atomic E-state index is 12.6. The van der Waals surface area contributed by atoms with E-state index in [2.05, 4.69) is 0 Å². The minimum absolute atomic E-state index is 0.0585. The molecule has 0 radical (unpaired) electrons. The van der Waals surface area contributed by atoms with Crippen molar-refractivity contribution in [2.75, 3.05) is 5.73 Å². The molecule has 0 aliphatic rings. The molecule has 0 saturated heterocycles. The van der Waals surface area contributed by atoms with Crippen molar-refractivity contribution in [1.82, 2.24) is 0 Å². The predicted octanol–water partition coefficient (Wildman–Crippen LogP) is 4.03. The van der Waals surface area contributed by atoms with Gasteiger partial charge in [-0.3, -0.25) is 0 Å². The summed E-state index contributed by atoms with van der Waals surface area (Å²) in [6, 6.07) is 4.75. The average molecular weight is 273 g/mol. The van der Waals surface area contributed by atoms with E-state index in [0.29, 0.717) is 9.88 Å². The van der Waals surface area contributed by atoms with E-state index in [0.717, 1.165) is 23.5 Å². The smallest absolute Gasteiger partial charge is 0.416 e. The summed E-state index contributed by atoms with van der Waals surface area (Å²) in [5, 5.41) is 10.1. The number of halogens is 3. The fourth-order valence-electron chi connectivity index (χ4n) is 1.69. The SMILES string of the molecule is Cc1sc(N)c(-c2cccc(C(F)(F)F)c2)c1O. The molecule has 0 bridgehead atoms. The van der Waals surface area contributed by atoms with E-state index in [-0.39, 0.29) is 16.9 Å². The molecule has 0 saturated carbocycles. The molecule has 96 valence electrons. The van der Waals surface area contributed by atoms with Gasteiger partial charge in [0.05, 0.1) is 16.1 Å². The van der Waals surface area contributed by atoms with Gasteiger partial charge in [-0.05, 0) is 24.6 Å². The van der Waals surface area contributed by atoms with Gasteiger partial charge in [-0.2, -0.15) is 13.2 Å². The van der Waals surface area contributed by atoms with Crippen molar-refractivity contribution in [2.24, 2.45) is 0 Å². The second kappa shape index (κ2) is 4.20. The van der Waals surface area contributed by atoms with Gasteiger partial charge in [-0.25, -0.2) is 0 Å². The van der Waals surface area contributed by atoms with Gasteiger partial charge in [0.25, 0.3) is 0 Å². The highest BCUT2D eigenvalue weighted by molar-refractivity contribution is 7.16. The van der Waals surface area contributed by atoms with E-state index in [4.69, 9.17) is 5.73 Å². The van der Waals surface area contributed by atoms with Crippen LogP contribution in [-0.2, 0) is 6.18 Å². The Morgan fingerprint density at radius 1 is 1.28 bits per heavy atom. The Hall–Kier alpha value is -1.69. The lowest BCUT2D eigenvalue weighted by Crippen LogP contribution is -2.04. The molecule has 6 heteroatoms. The van der Waals surface area contributed by atoms with Gasteiger partial charge >= 0.3 is 6.18 Å². The Morgan fingerprint density at radius 2 is 1.94 bits per heavy atom. The first-order valence-electron chi connectivity index (χ1n) is 5.06. The molecule has 2 aromatic rings. The fraction of sp³-hybridized carbons (Fsp3) is 0.167. The number of benzene rings is 1.